The molecule has 19 nitrogen and oxygen atoms in total. The van der Waals surface area contributed by atoms with Gasteiger partial charge in [0.2, 0.25) is 11.8 Å². The maximum Gasteiger partial charge on any atom is 0.320 e. The minimum absolute atomic E-state index is 0.0117. The van der Waals surface area contributed by atoms with Crippen LogP contribution in [0.3, 0.4) is 0 Å². The largest absolute Gasteiger partial charge is 0.379 e. The van der Waals surface area contributed by atoms with E-state index in [9.17, 15) is 28.8 Å². The number of rotatable bonds is 20. The van der Waals surface area contributed by atoms with Gasteiger partial charge in [-0.15, -0.1) is 0 Å². The van der Waals surface area contributed by atoms with Crippen LogP contribution in [-0.4, -0.2) is 152 Å². The van der Waals surface area contributed by atoms with Crippen molar-refractivity contribution in [3.05, 3.63) is 76.6 Å². The predicted octanol–water partition coefficient (Wildman–Crippen LogP) is 1.83. The molecule has 5 N–H and O–H groups in total. The number of carbonyl (C=O) groups is 6. The van der Waals surface area contributed by atoms with Crippen molar-refractivity contribution in [3.63, 3.8) is 0 Å². The third kappa shape index (κ3) is 10.6. The molecule has 7 amide bonds. The Morgan fingerprint density at radius 1 is 0.903 bits per heavy atom. The second-order valence-corrected chi connectivity index (χ2v) is 15.7. The number of likely N-dealkylation sites (N-methyl/N-ethyl adjacent to an activating group) is 1. The molecule has 19 heteroatoms. The Kier molecular flexibility index (Phi) is 14.6. The van der Waals surface area contributed by atoms with Gasteiger partial charge in [-0.1, -0.05) is 12.1 Å². The molecule has 1 aromatic heterocycles. The first-order valence-corrected chi connectivity index (χ1v) is 21.1. The van der Waals surface area contributed by atoms with Crippen LogP contribution < -0.4 is 26.6 Å². The van der Waals surface area contributed by atoms with E-state index in [4.69, 9.17) is 24.9 Å². The van der Waals surface area contributed by atoms with Gasteiger partial charge in [-0.25, -0.2) is 14.8 Å². The molecule has 0 spiro atoms. The zero-order chi connectivity index (χ0) is 43.6. The number of anilines is 3. The van der Waals surface area contributed by atoms with Crippen LogP contribution in [-0.2, 0) is 36.8 Å². The fourth-order valence-electron chi connectivity index (χ4n) is 8.19. The first-order chi connectivity index (χ1) is 30.1. The monoisotopic (exact) mass is 854 g/mol. The molecule has 2 atom stereocenters. The molecule has 3 aromatic rings. The Labute approximate surface area is 359 Å². The zero-order valence-electron chi connectivity index (χ0n) is 34.9. The van der Waals surface area contributed by atoms with E-state index >= 15 is 0 Å². The Morgan fingerprint density at radius 2 is 1.66 bits per heavy atom. The molecule has 4 aliphatic rings. The number of aryl methyl sites for hydroxylation is 1. The van der Waals surface area contributed by atoms with Crippen molar-refractivity contribution in [2.45, 2.75) is 57.2 Å². The Morgan fingerprint density at radius 3 is 2.39 bits per heavy atom. The van der Waals surface area contributed by atoms with Crippen LogP contribution in [0, 0.1) is 0 Å². The van der Waals surface area contributed by atoms with Crippen molar-refractivity contribution in [1.82, 2.24) is 35.3 Å². The van der Waals surface area contributed by atoms with Crippen molar-refractivity contribution in [2.75, 3.05) is 89.6 Å². The van der Waals surface area contributed by atoms with Gasteiger partial charge in [0.25, 0.3) is 17.7 Å². The van der Waals surface area contributed by atoms with Gasteiger partial charge < -0.3 is 50.2 Å². The highest BCUT2D eigenvalue weighted by atomic mass is 16.5. The van der Waals surface area contributed by atoms with Gasteiger partial charge >= 0.3 is 6.03 Å². The normalized spacial score (nSPS) is 18.9. The molecule has 0 saturated carbocycles. The number of hydrogen-bond acceptors (Lipinski definition) is 13. The van der Waals surface area contributed by atoms with E-state index in [-0.39, 0.29) is 47.7 Å². The summed E-state index contributed by atoms with van der Waals surface area (Å²) in [5.41, 5.74) is 9.23. The van der Waals surface area contributed by atoms with Crippen LogP contribution in [0.2, 0.25) is 0 Å². The summed E-state index contributed by atoms with van der Waals surface area (Å²) >= 11 is 0. The number of urea groups is 1. The number of nitrogens with zero attached hydrogens (tertiary/aromatic N) is 6. The summed E-state index contributed by atoms with van der Waals surface area (Å²) in [5, 5.41) is 8.30. The van der Waals surface area contributed by atoms with Crippen LogP contribution in [0.4, 0.5) is 22.1 Å². The molecule has 330 valence electrons. The van der Waals surface area contributed by atoms with E-state index in [1.165, 1.54) is 6.20 Å². The summed E-state index contributed by atoms with van der Waals surface area (Å²) in [6.45, 7) is 5.78. The fraction of sp³-hybridized carbons (Fsp3) is 0.488. The molecule has 5 heterocycles. The Balaban J connectivity index is 0.751. The second-order valence-electron chi connectivity index (χ2n) is 15.7. The van der Waals surface area contributed by atoms with Crippen LogP contribution in [0.25, 0.3) is 0 Å². The first kappa shape index (κ1) is 43.9. The lowest BCUT2D eigenvalue weighted by Gasteiger charge is -2.37. The molecule has 4 aliphatic heterocycles. The summed E-state index contributed by atoms with van der Waals surface area (Å²) in [4.78, 5) is 90.9. The minimum atomic E-state index is -0.729. The number of piperidine rings is 2. The molecule has 0 radical (unpaired) electrons. The standard InChI is InChI=1S/C43H54N10O9/c1-50-17-18-52(43(50)59)31-7-3-16-51(26-31)35-25-46-37(38(44)55)39(48-35)47-30-11-9-29(10-12-30)40(56)45-15-20-61-22-24-62-23-21-60-19-4-6-28-5-2-8-32-33(28)27-53(42(32)58)34-13-14-36(54)49-41(34)57/h2,5,8-12,25,31,34H,3-4,6-7,13-24,26-27H2,1H3,(H2,44,55)(H,45,56)(H,47,48)(H,49,54,57)/t31-,34?/m1/s1. The number of nitrogens with one attached hydrogen (secondary N) is 3. The summed E-state index contributed by atoms with van der Waals surface area (Å²) < 4.78 is 16.9. The summed E-state index contributed by atoms with van der Waals surface area (Å²) in [7, 11) is 1.81. The second kappa shape index (κ2) is 20.6. The molecular weight excluding hydrogens is 801 g/mol. The van der Waals surface area contributed by atoms with Crippen LogP contribution in [0.5, 0.6) is 0 Å². The SMILES string of the molecule is CN1CCN([C@@H]2CCCN(c3cnc(C(N)=O)c(Nc4ccc(C(=O)NCCOCCOCCOCCCc5cccc6c5CN(C5CCC(=O)NC5=O)C6=O)cc4)n3)C2)C1=O. The van der Waals surface area contributed by atoms with E-state index in [0.717, 1.165) is 43.4 Å². The number of aromatic nitrogens is 2. The lowest BCUT2D eigenvalue weighted by atomic mass is 10.00. The predicted molar refractivity (Wildman–Crippen MR) is 226 cm³/mol. The van der Waals surface area contributed by atoms with Crippen molar-refractivity contribution in [1.29, 1.82) is 0 Å². The van der Waals surface area contributed by atoms with Gasteiger partial charge in [-0.3, -0.25) is 29.3 Å². The molecule has 7 rings (SSSR count). The van der Waals surface area contributed by atoms with Gasteiger partial charge in [0, 0.05) is 76.2 Å². The van der Waals surface area contributed by atoms with Crippen molar-refractivity contribution in [2.24, 2.45) is 5.73 Å². The van der Waals surface area contributed by atoms with Gasteiger partial charge in [0.1, 0.15) is 11.9 Å². The quantitative estimate of drug-likeness (QED) is 0.0941. The average molecular weight is 855 g/mol. The molecule has 1 unspecified atom stereocenters. The summed E-state index contributed by atoms with van der Waals surface area (Å²) in [6, 6.07) is 11.8. The number of nitrogens with two attached hydrogens (primary N) is 1. The molecule has 3 fully saturated rings. The number of fused-ring (bicyclic) bond motifs is 1. The topological polar surface area (TPSA) is 231 Å². The smallest absolute Gasteiger partial charge is 0.320 e. The molecule has 0 aliphatic carbocycles. The van der Waals surface area contributed by atoms with Crippen LogP contribution in [0.15, 0.2) is 48.7 Å². The van der Waals surface area contributed by atoms with E-state index < -0.39 is 17.9 Å². The number of ether oxygens (including phenoxy) is 3. The third-order valence-corrected chi connectivity index (χ3v) is 11.5. The maximum absolute atomic E-state index is 13.1. The van der Waals surface area contributed by atoms with Crippen molar-refractivity contribution >= 4 is 52.9 Å². The van der Waals surface area contributed by atoms with Crippen LogP contribution >= 0.6 is 0 Å². The van der Waals surface area contributed by atoms with Gasteiger partial charge in [0.15, 0.2) is 11.5 Å². The lowest BCUT2D eigenvalue weighted by Crippen LogP contribution is -2.52. The van der Waals surface area contributed by atoms with E-state index in [0.29, 0.717) is 101 Å². The Bertz CT molecular complexity index is 2140. The number of imide groups is 1. The number of benzene rings is 2. The maximum atomic E-state index is 13.1. The molecule has 2 aromatic carbocycles. The lowest BCUT2D eigenvalue weighted by molar-refractivity contribution is -0.136. The molecule has 62 heavy (non-hydrogen) atoms. The van der Waals surface area contributed by atoms with E-state index in [1.807, 2.05) is 24.1 Å². The molecule has 0 bridgehead atoms. The number of amides is 7. The first-order valence-electron chi connectivity index (χ1n) is 21.1. The third-order valence-electron chi connectivity index (χ3n) is 11.5. The van der Waals surface area contributed by atoms with Gasteiger partial charge in [0.05, 0.1) is 45.3 Å². The average Bonchev–Trinajstić information content (AvgIpc) is 3.79. The zero-order valence-corrected chi connectivity index (χ0v) is 34.9. The number of primary amides is 1. The highest BCUT2D eigenvalue weighted by Crippen LogP contribution is 2.31. The van der Waals surface area contributed by atoms with Crippen molar-refractivity contribution in [3.8, 4) is 0 Å². The highest BCUT2D eigenvalue weighted by Gasteiger charge is 2.40. The number of carbonyl (C=O) groups excluding carboxylic acids is 6. The van der Waals surface area contributed by atoms with Gasteiger partial charge in [-0.2, -0.15) is 0 Å². The Hall–Kier alpha value is -6.18. The molecule has 3 saturated heterocycles. The number of hydrogen-bond donors (Lipinski definition) is 4. The summed E-state index contributed by atoms with van der Waals surface area (Å²) in [5.74, 6) is -1.13. The van der Waals surface area contributed by atoms with Crippen LogP contribution in [0.1, 0.15) is 74.4 Å². The molecular formula is C43H54N10O9. The highest BCUT2D eigenvalue weighted by molar-refractivity contribution is 6.05. The van der Waals surface area contributed by atoms with E-state index in [2.05, 4.69) is 25.8 Å². The minimum Gasteiger partial charge on any atom is -0.379 e. The fourth-order valence-corrected chi connectivity index (χ4v) is 8.19. The van der Waals surface area contributed by atoms with E-state index in [1.54, 1.807) is 40.1 Å². The summed E-state index contributed by atoms with van der Waals surface area (Å²) in [6.07, 6.45) is 5.35. The van der Waals surface area contributed by atoms with Gasteiger partial charge in [-0.05, 0) is 73.6 Å². The van der Waals surface area contributed by atoms with Crippen molar-refractivity contribution < 1.29 is 43.0 Å².